The lowest BCUT2D eigenvalue weighted by atomic mass is 10.1. The van der Waals surface area contributed by atoms with Crippen molar-refractivity contribution in [2.45, 2.75) is 20.3 Å². The molecule has 0 aliphatic carbocycles. The van der Waals surface area contributed by atoms with Crippen molar-refractivity contribution in [3.05, 3.63) is 57.3 Å². The van der Waals surface area contributed by atoms with Crippen molar-refractivity contribution in [1.82, 2.24) is 4.98 Å². The molecule has 0 saturated carbocycles. The molecule has 2 aromatic rings. The molecule has 1 heterocycles. The quantitative estimate of drug-likeness (QED) is 0.632. The third kappa shape index (κ3) is 3.34. The Morgan fingerprint density at radius 1 is 1.38 bits per heavy atom. The molecule has 106 valence electrons. The van der Waals surface area contributed by atoms with Crippen LogP contribution in [0.5, 0.6) is 11.6 Å². The molecule has 0 fully saturated rings. The average molecular weight is 283 g/mol. The standard InChI is InChI=1S/C15H13N3O3/c1-3-11-4-5-14(13(7-11)18(19)20)21-15-8-12(9-16)6-10(2)17-15/h4-8H,3H2,1-2H3. The first-order chi connectivity index (χ1) is 10.0. The van der Waals surface area contributed by atoms with Gasteiger partial charge < -0.3 is 4.74 Å². The van der Waals surface area contributed by atoms with E-state index in [1.165, 1.54) is 12.1 Å². The zero-order valence-corrected chi connectivity index (χ0v) is 11.7. The predicted octanol–water partition coefficient (Wildman–Crippen LogP) is 3.52. The van der Waals surface area contributed by atoms with Crippen molar-refractivity contribution in [3.63, 3.8) is 0 Å². The highest BCUT2D eigenvalue weighted by atomic mass is 16.6. The molecule has 0 saturated heterocycles. The van der Waals surface area contributed by atoms with Gasteiger partial charge in [0.1, 0.15) is 0 Å². The molecule has 1 aromatic heterocycles. The zero-order valence-electron chi connectivity index (χ0n) is 11.7. The number of hydrogen-bond donors (Lipinski definition) is 0. The van der Waals surface area contributed by atoms with Gasteiger partial charge in [-0.3, -0.25) is 10.1 Å². The zero-order chi connectivity index (χ0) is 15.4. The molecule has 6 heteroatoms. The molecule has 0 unspecified atom stereocenters. The van der Waals surface area contributed by atoms with E-state index in [0.717, 1.165) is 5.56 Å². The van der Waals surface area contributed by atoms with E-state index in [2.05, 4.69) is 4.98 Å². The van der Waals surface area contributed by atoms with Crippen LogP contribution in [0.15, 0.2) is 30.3 Å². The molecule has 0 aliphatic heterocycles. The minimum Gasteiger partial charge on any atom is -0.432 e. The van der Waals surface area contributed by atoms with Crippen LogP contribution >= 0.6 is 0 Å². The van der Waals surface area contributed by atoms with Gasteiger partial charge in [-0.2, -0.15) is 5.26 Å². The number of nitro groups is 1. The smallest absolute Gasteiger partial charge is 0.311 e. The average Bonchev–Trinajstić information content (AvgIpc) is 2.46. The summed E-state index contributed by atoms with van der Waals surface area (Å²) in [6, 6.07) is 9.86. The van der Waals surface area contributed by atoms with Crippen LogP contribution in [0.25, 0.3) is 0 Å². The van der Waals surface area contributed by atoms with Crippen LogP contribution < -0.4 is 4.74 Å². The van der Waals surface area contributed by atoms with Crippen molar-refractivity contribution in [2.75, 3.05) is 0 Å². The molecular formula is C15H13N3O3. The van der Waals surface area contributed by atoms with Crippen molar-refractivity contribution < 1.29 is 9.66 Å². The Hall–Kier alpha value is -2.94. The largest absolute Gasteiger partial charge is 0.432 e. The maximum atomic E-state index is 11.1. The molecule has 2 rings (SSSR count). The second-order valence-corrected chi connectivity index (χ2v) is 4.46. The fourth-order valence-corrected chi connectivity index (χ4v) is 1.88. The fraction of sp³-hybridized carbons (Fsp3) is 0.200. The molecule has 0 spiro atoms. The Bertz CT molecular complexity index is 735. The van der Waals surface area contributed by atoms with Crippen molar-refractivity contribution in [2.24, 2.45) is 0 Å². The summed E-state index contributed by atoms with van der Waals surface area (Å²) in [6.07, 6.45) is 0.697. The van der Waals surface area contributed by atoms with Crippen LogP contribution in [0.1, 0.15) is 23.7 Å². The number of nitriles is 1. The molecule has 1 aromatic carbocycles. The lowest BCUT2D eigenvalue weighted by molar-refractivity contribution is -0.385. The highest BCUT2D eigenvalue weighted by molar-refractivity contribution is 5.50. The van der Waals surface area contributed by atoms with Gasteiger partial charge in [-0.05, 0) is 31.0 Å². The van der Waals surface area contributed by atoms with E-state index in [0.29, 0.717) is 17.7 Å². The molecule has 6 nitrogen and oxygen atoms in total. The lowest BCUT2D eigenvalue weighted by Gasteiger charge is -2.07. The van der Waals surface area contributed by atoms with E-state index in [-0.39, 0.29) is 17.3 Å². The highest BCUT2D eigenvalue weighted by Gasteiger charge is 2.17. The number of pyridine rings is 1. The van der Waals surface area contributed by atoms with Crippen LogP contribution in [0.3, 0.4) is 0 Å². The summed E-state index contributed by atoms with van der Waals surface area (Å²) in [5.74, 6) is 0.276. The van der Waals surface area contributed by atoms with Gasteiger partial charge in [0.2, 0.25) is 11.6 Å². The first-order valence-corrected chi connectivity index (χ1v) is 6.37. The number of ether oxygens (including phenoxy) is 1. The summed E-state index contributed by atoms with van der Waals surface area (Å²) < 4.78 is 5.49. The highest BCUT2D eigenvalue weighted by Crippen LogP contribution is 2.32. The van der Waals surface area contributed by atoms with E-state index in [1.54, 1.807) is 25.1 Å². The molecule has 0 radical (unpaired) electrons. The molecule has 0 bridgehead atoms. The third-order valence-electron chi connectivity index (χ3n) is 2.90. The minimum absolute atomic E-state index is 0.110. The maximum Gasteiger partial charge on any atom is 0.311 e. The van der Waals surface area contributed by atoms with E-state index in [1.807, 2.05) is 13.0 Å². The molecule has 21 heavy (non-hydrogen) atoms. The lowest BCUT2D eigenvalue weighted by Crippen LogP contribution is -1.97. The first-order valence-electron chi connectivity index (χ1n) is 6.37. The van der Waals surface area contributed by atoms with E-state index in [9.17, 15) is 10.1 Å². The predicted molar refractivity (Wildman–Crippen MR) is 76.2 cm³/mol. The molecule has 0 amide bonds. The number of nitro benzene ring substituents is 1. The summed E-state index contributed by atoms with van der Waals surface area (Å²) in [4.78, 5) is 14.8. The van der Waals surface area contributed by atoms with Crippen LogP contribution in [0, 0.1) is 28.4 Å². The SMILES string of the molecule is CCc1ccc(Oc2cc(C#N)cc(C)n2)c([N+](=O)[O-])c1. The van der Waals surface area contributed by atoms with Gasteiger partial charge in [-0.15, -0.1) is 0 Å². The monoisotopic (exact) mass is 283 g/mol. The second kappa shape index (κ2) is 6.01. The molecular weight excluding hydrogens is 270 g/mol. The Balaban J connectivity index is 2.42. The number of benzene rings is 1. The van der Waals surface area contributed by atoms with Gasteiger partial charge in [-0.25, -0.2) is 4.98 Å². The maximum absolute atomic E-state index is 11.1. The van der Waals surface area contributed by atoms with E-state index >= 15 is 0 Å². The van der Waals surface area contributed by atoms with Gasteiger partial charge in [0.15, 0.2) is 0 Å². The molecule has 0 aliphatic rings. The van der Waals surface area contributed by atoms with Gasteiger partial charge >= 0.3 is 5.69 Å². The van der Waals surface area contributed by atoms with Gasteiger partial charge in [0.05, 0.1) is 16.6 Å². The van der Waals surface area contributed by atoms with Crippen LogP contribution in [0.4, 0.5) is 5.69 Å². The molecule has 0 atom stereocenters. The van der Waals surface area contributed by atoms with Crippen LogP contribution in [-0.2, 0) is 6.42 Å². The van der Waals surface area contributed by atoms with E-state index < -0.39 is 4.92 Å². The number of nitrogens with zero attached hydrogens (tertiary/aromatic N) is 3. The van der Waals surface area contributed by atoms with Crippen molar-refractivity contribution in [3.8, 4) is 17.7 Å². The Labute approximate surface area is 121 Å². The van der Waals surface area contributed by atoms with Gasteiger partial charge in [-0.1, -0.05) is 13.0 Å². The third-order valence-corrected chi connectivity index (χ3v) is 2.90. The van der Waals surface area contributed by atoms with Crippen LogP contribution in [-0.4, -0.2) is 9.91 Å². The normalized spacial score (nSPS) is 9.95. The van der Waals surface area contributed by atoms with Crippen LogP contribution in [0.2, 0.25) is 0 Å². The Morgan fingerprint density at radius 2 is 2.14 bits per heavy atom. The van der Waals surface area contributed by atoms with Crippen molar-refractivity contribution in [1.29, 1.82) is 5.26 Å². The summed E-state index contributed by atoms with van der Waals surface area (Å²) in [5, 5.41) is 20.0. The molecule has 0 N–H and O–H groups in total. The summed E-state index contributed by atoms with van der Waals surface area (Å²) in [6.45, 7) is 3.64. The van der Waals surface area contributed by atoms with Crippen molar-refractivity contribution >= 4 is 5.69 Å². The summed E-state index contributed by atoms with van der Waals surface area (Å²) >= 11 is 0. The number of rotatable bonds is 4. The number of aryl methyl sites for hydroxylation is 2. The van der Waals surface area contributed by atoms with E-state index in [4.69, 9.17) is 10.00 Å². The van der Waals surface area contributed by atoms with Gasteiger partial charge in [0, 0.05) is 17.8 Å². The summed E-state index contributed by atoms with van der Waals surface area (Å²) in [7, 11) is 0. The minimum atomic E-state index is -0.491. The van der Waals surface area contributed by atoms with Gasteiger partial charge in [0.25, 0.3) is 0 Å². The number of aromatic nitrogens is 1. The first kappa shape index (κ1) is 14.5. The summed E-state index contributed by atoms with van der Waals surface area (Å²) in [5.41, 5.74) is 1.74. The Morgan fingerprint density at radius 3 is 2.76 bits per heavy atom. The second-order valence-electron chi connectivity index (χ2n) is 4.46. The number of hydrogen-bond acceptors (Lipinski definition) is 5. The Kier molecular flexibility index (Phi) is 4.14. The topological polar surface area (TPSA) is 89.0 Å². The fourth-order valence-electron chi connectivity index (χ4n) is 1.88.